The van der Waals surface area contributed by atoms with Crippen LogP contribution < -0.4 is 5.32 Å². The minimum atomic E-state index is -0.190. The summed E-state index contributed by atoms with van der Waals surface area (Å²) in [6.07, 6.45) is 0. The molecule has 0 bridgehead atoms. The van der Waals surface area contributed by atoms with E-state index in [0.717, 1.165) is 28.2 Å². The molecule has 96 valence electrons. The standard InChI is InChI=1S/C14H18FN3/c1-9-7-13(15)6-5-12(9)8-16-14-10(2)17-18(4)11(14)3/h5-7,16H,8H2,1-4H3. The van der Waals surface area contributed by atoms with Crippen molar-refractivity contribution in [1.29, 1.82) is 0 Å². The van der Waals surface area contributed by atoms with E-state index < -0.39 is 0 Å². The Kier molecular flexibility index (Phi) is 3.36. The van der Waals surface area contributed by atoms with Crippen LogP contribution in [0.4, 0.5) is 10.1 Å². The van der Waals surface area contributed by atoms with Crippen LogP contribution in [0.1, 0.15) is 22.5 Å². The molecule has 0 radical (unpaired) electrons. The summed E-state index contributed by atoms with van der Waals surface area (Å²) in [5.41, 5.74) is 5.20. The van der Waals surface area contributed by atoms with Gasteiger partial charge in [0.1, 0.15) is 5.82 Å². The van der Waals surface area contributed by atoms with E-state index >= 15 is 0 Å². The summed E-state index contributed by atoms with van der Waals surface area (Å²) >= 11 is 0. The third-order valence-electron chi connectivity index (χ3n) is 3.27. The number of halogens is 1. The third kappa shape index (κ3) is 2.37. The molecule has 0 aliphatic carbocycles. The fraction of sp³-hybridized carbons (Fsp3) is 0.357. The van der Waals surface area contributed by atoms with Crippen molar-refractivity contribution < 1.29 is 4.39 Å². The van der Waals surface area contributed by atoms with Crippen LogP contribution in [-0.2, 0) is 13.6 Å². The first-order valence-electron chi connectivity index (χ1n) is 5.98. The van der Waals surface area contributed by atoms with Crippen molar-refractivity contribution in [2.75, 3.05) is 5.32 Å². The van der Waals surface area contributed by atoms with E-state index in [-0.39, 0.29) is 5.82 Å². The minimum absolute atomic E-state index is 0.190. The molecule has 0 atom stereocenters. The van der Waals surface area contributed by atoms with Gasteiger partial charge in [0.15, 0.2) is 0 Å². The van der Waals surface area contributed by atoms with Gasteiger partial charge >= 0.3 is 0 Å². The Hall–Kier alpha value is -1.84. The summed E-state index contributed by atoms with van der Waals surface area (Å²) in [7, 11) is 1.93. The quantitative estimate of drug-likeness (QED) is 0.903. The second-order valence-corrected chi connectivity index (χ2v) is 4.59. The molecule has 0 spiro atoms. The van der Waals surface area contributed by atoms with Gasteiger partial charge in [0.25, 0.3) is 0 Å². The van der Waals surface area contributed by atoms with Gasteiger partial charge in [-0.25, -0.2) is 4.39 Å². The highest BCUT2D eigenvalue weighted by Crippen LogP contribution is 2.20. The van der Waals surface area contributed by atoms with Crippen LogP contribution in [0.25, 0.3) is 0 Å². The predicted molar refractivity (Wildman–Crippen MR) is 71.1 cm³/mol. The van der Waals surface area contributed by atoms with Crippen LogP contribution in [-0.4, -0.2) is 9.78 Å². The maximum Gasteiger partial charge on any atom is 0.123 e. The summed E-state index contributed by atoms with van der Waals surface area (Å²) in [5.74, 6) is -0.190. The highest BCUT2D eigenvalue weighted by Gasteiger charge is 2.09. The maximum atomic E-state index is 13.0. The Labute approximate surface area is 107 Å². The molecule has 0 unspecified atom stereocenters. The number of hydrogen-bond acceptors (Lipinski definition) is 2. The van der Waals surface area contributed by atoms with Gasteiger partial charge in [-0.3, -0.25) is 4.68 Å². The van der Waals surface area contributed by atoms with E-state index in [0.29, 0.717) is 6.54 Å². The molecular weight excluding hydrogens is 229 g/mol. The van der Waals surface area contributed by atoms with E-state index in [4.69, 9.17) is 0 Å². The van der Waals surface area contributed by atoms with Gasteiger partial charge in [-0.2, -0.15) is 5.10 Å². The van der Waals surface area contributed by atoms with Crippen molar-refractivity contribution in [1.82, 2.24) is 9.78 Å². The minimum Gasteiger partial charge on any atom is -0.378 e. The normalized spacial score (nSPS) is 10.7. The highest BCUT2D eigenvalue weighted by molar-refractivity contribution is 5.52. The van der Waals surface area contributed by atoms with Crippen LogP contribution in [0.15, 0.2) is 18.2 Å². The number of hydrogen-bond donors (Lipinski definition) is 1. The number of rotatable bonds is 3. The summed E-state index contributed by atoms with van der Waals surface area (Å²) in [6.45, 7) is 6.61. The van der Waals surface area contributed by atoms with E-state index in [9.17, 15) is 4.39 Å². The fourth-order valence-corrected chi connectivity index (χ4v) is 2.07. The highest BCUT2D eigenvalue weighted by atomic mass is 19.1. The van der Waals surface area contributed by atoms with E-state index in [1.807, 2.05) is 38.6 Å². The van der Waals surface area contributed by atoms with Crippen LogP contribution in [0, 0.1) is 26.6 Å². The lowest BCUT2D eigenvalue weighted by Crippen LogP contribution is -2.03. The molecule has 2 rings (SSSR count). The zero-order chi connectivity index (χ0) is 13.3. The molecule has 18 heavy (non-hydrogen) atoms. The Morgan fingerprint density at radius 2 is 2.00 bits per heavy atom. The van der Waals surface area contributed by atoms with Crippen molar-refractivity contribution >= 4 is 5.69 Å². The van der Waals surface area contributed by atoms with Crippen molar-refractivity contribution in [2.24, 2.45) is 7.05 Å². The molecular formula is C14H18FN3. The first-order valence-corrected chi connectivity index (χ1v) is 5.98. The summed E-state index contributed by atoms with van der Waals surface area (Å²) in [4.78, 5) is 0. The topological polar surface area (TPSA) is 29.9 Å². The lowest BCUT2D eigenvalue weighted by molar-refractivity contribution is 0.625. The molecule has 1 N–H and O–H groups in total. The van der Waals surface area contributed by atoms with E-state index in [1.54, 1.807) is 6.07 Å². The maximum absolute atomic E-state index is 13.0. The molecule has 0 saturated carbocycles. The SMILES string of the molecule is Cc1cc(F)ccc1CNc1c(C)nn(C)c1C. The lowest BCUT2D eigenvalue weighted by atomic mass is 10.1. The Morgan fingerprint density at radius 1 is 1.28 bits per heavy atom. The Morgan fingerprint density at radius 3 is 2.56 bits per heavy atom. The molecule has 0 fully saturated rings. The smallest absolute Gasteiger partial charge is 0.123 e. The van der Waals surface area contributed by atoms with Crippen LogP contribution in [0.5, 0.6) is 0 Å². The molecule has 3 nitrogen and oxygen atoms in total. The second kappa shape index (κ2) is 4.80. The molecule has 1 heterocycles. The van der Waals surface area contributed by atoms with E-state index in [1.165, 1.54) is 6.07 Å². The zero-order valence-electron chi connectivity index (χ0n) is 11.2. The molecule has 1 aromatic heterocycles. The number of benzene rings is 1. The van der Waals surface area contributed by atoms with Crippen LogP contribution in [0.3, 0.4) is 0 Å². The first-order chi connectivity index (χ1) is 8.49. The Balaban J connectivity index is 2.16. The number of nitrogens with zero attached hydrogens (tertiary/aromatic N) is 2. The van der Waals surface area contributed by atoms with Gasteiger partial charge in [0.2, 0.25) is 0 Å². The Bertz CT molecular complexity index is 573. The third-order valence-corrected chi connectivity index (χ3v) is 3.27. The summed E-state index contributed by atoms with van der Waals surface area (Å²) in [6, 6.07) is 4.87. The second-order valence-electron chi connectivity index (χ2n) is 4.59. The van der Waals surface area contributed by atoms with Crippen molar-refractivity contribution in [2.45, 2.75) is 27.3 Å². The molecule has 0 aliphatic rings. The van der Waals surface area contributed by atoms with Crippen molar-refractivity contribution in [3.63, 3.8) is 0 Å². The van der Waals surface area contributed by atoms with Crippen molar-refractivity contribution in [3.05, 3.63) is 46.5 Å². The van der Waals surface area contributed by atoms with Gasteiger partial charge in [-0.15, -0.1) is 0 Å². The number of nitrogens with one attached hydrogen (secondary N) is 1. The molecule has 0 aliphatic heterocycles. The molecule has 1 aromatic carbocycles. The first kappa shape index (κ1) is 12.6. The monoisotopic (exact) mass is 247 g/mol. The van der Waals surface area contributed by atoms with Crippen molar-refractivity contribution in [3.8, 4) is 0 Å². The van der Waals surface area contributed by atoms with E-state index in [2.05, 4.69) is 10.4 Å². The molecule has 0 amide bonds. The molecule has 0 saturated heterocycles. The van der Waals surface area contributed by atoms with Gasteiger partial charge in [0.05, 0.1) is 17.1 Å². The number of anilines is 1. The van der Waals surface area contributed by atoms with Gasteiger partial charge < -0.3 is 5.32 Å². The molecule has 2 aromatic rings. The molecule has 4 heteroatoms. The average Bonchev–Trinajstić information content (AvgIpc) is 2.53. The summed E-state index contributed by atoms with van der Waals surface area (Å²) in [5, 5.41) is 7.73. The van der Waals surface area contributed by atoms with Crippen LogP contribution in [0.2, 0.25) is 0 Å². The average molecular weight is 247 g/mol. The van der Waals surface area contributed by atoms with Gasteiger partial charge in [0, 0.05) is 13.6 Å². The zero-order valence-corrected chi connectivity index (χ0v) is 11.2. The number of aromatic nitrogens is 2. The van der Waals surface area contributed by atoms with Gasteiger partial charge in [-0.1, -0.05) is 6.07 Å². The van der Waals surface area contributed by atoms with Crippen LogP contribution >= 0.6 is 0 Å². The fourth-order valence-electron chi connectivity index (χ4n) is 2.07. The largest absolute Gasteiger partial charge is 0.378 e. The predicted octanol–water partition coefficient (Wildman–Crippen LogP) is 3.10. The van der Waals surface area contributed by atoms with Gasteiger partial charge in [-0.05, 0) is 44.0 Å². The lowest BCUT2D eigenvalue weighted by Gasteiger charge is -2.09. The number of aryl methyl sites for hydroxylation is 3. The summed E-state index contributed by atoms with van der Waals surface area (Å²) < 4.78 is 14.9.